The molecule has 0 saturated carbocycles. The van der Waals surface area contributed by atoms with Crippen LogP contribution in [0, 0.1) is 26.2 Å². The molecule has 7 N–H and O–H groups in total. The molecule has 5 rings (SSSR count). The summed E-state index contributed by atoms with van der Waals surface area (Å²) >= 11 is 0. The molecule has 2 heterocycles. The number of pyridine rings is 1. The van der Waals surface area contributed by atoms with Gasteiger partial charge in [0.1, 0.15) is 23.4 Å². The predicted molar refractivity (Wildman–Crippen MR) is 271 cm³/mol. The molecule has 1 aliphatic rings. The van der Waals surface area contributed by atoms with Gasteiger partial charge in [0.05, 0.1) is 22.6 Å². The number of aromatic nitrogens is 1. The van der Waals surface area contributed by atoms with Gasteiger partial charge in [0.25, 0.3) is 15.9 Å². The van der Waals surface area contributed by atoms with Gasteiger partial charge in [-0.05, 0) is 134 Å². The summed E-state index contributed by atoms with van der Waals surface area (Å²) in [7, 11) is -4.24. The number of nitrogens with one attached hydrogen (secondary N) is 7. The molecule has 4 amide bonds. The molecule has 0 aliphatic carbocycles. The minimum Gasteiger partial charge on any atom is -0.487 e. The predicted octanol–water partition coefficient (Wildman–Crippen LogP) is 5.11. The molecule has 0 saturated heterocycles. The average Bonchev–Trinajstić information content (AvgIpc) is 3.66. The Bertz CT molecular complexity index is 2640. The summed E-state index contributed by atoms with van der Waals surface area (Å²) in [5.74, 6) is -3.67. The van der Waals surface area contributed by atoms with Crippen LogP contribution in [0.4, 0.5) is 0 Å². The zero-order valence-corrected chi connectivity index (χ0v) is 43.1. The number of hydrogen-bond acceptors (Lipinski definition) is 11. The largest absolute Gasteiger partial charge is 0.487 e. The molecule has 1 aromatic heterocycles. The molecule has 0 radical (unpaired) electrons. The van der Waals surface area contributed by atoms with Crippen molar-refractivity contribution in [2.75, 3.05) is 6.54 Å². The number of guanidine groups is 1. The van der Waals surface area contributed by atoms with Crippen LogP contribution in [0.3, 0.4) is 0 Å². The van der Waals surface area contributed by atoms with Crippen molar-refractivity contribution in [3.63, 3.8) is 0 Å². The molecule has 71 heavy (non-hydrogen) atoms. The zero-order chi connectivity index (χ0) is 52.1. The van der Waals surface area contributed by atoms with E-state index in [1.54, 1.807) is 66.8 Å². The van der Waals surface area contributed by atoms with Crippen LogP contribution in [0.2, 0.25) is 0 Å². The molecule has 1 aliphatic heterocycles. The van der Waals surface area contributed by atoms with Crippen LogP contribution in [0.15, 0.2) is 90.1 Å². The van der Waals surface area contributed by atoms with Gasteiger partial charge in [0.2, 0.25) is 29.5 Å². The first-order valence-electron chi connectivity index (χ1n) is 24.0. The lowest BCUT2D eigenvalue weighted by atomic mass is 9.94. The van der Waals surface area contributed by atoms with Crippen LogP contribution in [0.1, 0.15) is 106 Å². The van der Waals surface area contributed by atoms with Crippen LogP contribution < -0.4 is 36.0 Å². The van der Waals surface area contributed by atoms with Crippen molar-refractivity contribution in [1.82, 2.24) is 36.3 Å². The van der Waals surface area contributed by atoms with Gasteiger partial charge in [-0.2, -0.15) is 0 Å². The van der Waals surface area contributed by atoms with Gasteiger partial charge in [-0.25, -0.2) is 13.1 Å². The van der Waals surface area contributed by atoms with E-state index in [4.69, 9.17) is 14.9 Å². The van der Waals surface area contributed by atoms with Gasteiger partial charge < -0.3 is 36.1 Å². The molecule has 18 heteroatoms. The molecular weight excluding hydrogens is 925 g/mol. The fourth-order valence-corrected chi connectivity index (χ4v) is 10.0. The maximum absolute atomic E-state index is 14.5. The van der Waals surface area contributed by atoms with E-state index in [0.29, 0.717) is 47.3 Å². The normalized spacial score (nSPS) is 14.6. The van der Waals surface area contributed by atoms with E-state index in [1.807, 2.05) is 74.5 Å². The van der Waals surface area contributed by atoms with Crippen molar-refractivity contribution < 1.29 is 41.9 Å². The van der Waals surface area contributed by atoms with Crippen LogP contribution in [0.5, 0.6) is 5.75 Å². The summed E-state index contributed by atoms with van der Waals surface area (Å²) in [6, 6.07) is 18.4. The van der Waals surface area contributed by atoms with Crippen LogP contribution in [-0.2, 0) is 64.5 Å². The molecule has 17 nitrogen and oxygen atoms in total. The number of carbonyl (C=O) groups is 5. The monoisotopic (exact) mass is 994 g/mol. The smallest absolute Gasteiger partial charge is 0.289 e. The zero-order valence-electron chi connectivity index (χ0n) is 42.3. The third-order valence-corrected chi connectivity index (χ3v) is 13.7. The first-order chi connectivity index (χ1) is 33.4. The molecule has 3 aromatic carbocycles. The van der Waals surface area contributed by atoms with E-state index >= 15 is 0 Å². The second kappa shape index (κ2) is 24.4. The van der Waals surface area contributed by atoms with Crippen molar-refractivity contribution in [2.45, 2.75) is 154 Å². The Kier molecular flexibility index (Phi) is 19.0. The first-order valence-corrected chi connectivity index (χ1v) is 25.5. The molecule has 4 atom stereocenters. The van der Waals surface area contributed by atoms with Gasteiger partial charge in [-0.1, -0.05) is 66.7 Å². The number of Topliss-reactive ketones (excluding diaryl/α,β-unsaturated/α-hetero) is 1. The number of sulfonamides is 1. The van der Waals surface area contributed by atoms with Crippen LogP contribution in [0.25, 0.3) is 0 Å². The van der Waals surface area contributed by atoms with E-state index in [2.05, 4.69) is 36.3 Å². The molecular formula is C53H70N8O9S. The highest BCUT2D eigenvalue weighted by Gasteiger charge is 2.38. The fraction of sp³-hybridized carbons (Fsp3) is 0.453. The van der Waals surface area contributed by atoms with Gasteiger partial charge in [-0.3, -0.25) is 34.4 Å². The van der Waals surface area contributed by atoms with Gasteiger partial charge in [-0.15, -0.1) is 0 Å². The molecule has 4 aromatic rings. The Morgan fingerprint density at radius 2 is 1.42 bits per heavy atom. The minimum atomic E-state index is -4.24. The number of hydrogen-bond donors (Lipinski definition) is 7. The van der Waals surface area contributed by atoms with E-state index in [-0.39, 0.29) is 49.6 Å². The summed E-state index contributed by atoms with van der Waals surface area (Å²) < 4.78 is 42.3. The second-order valence-corrected chi connectivity index (χ2v) is 21.2. The number of fused-ring (bicyclic) bond motifs is 1. The van der Waals surface area contributed by atoms with Crippen LogP contribution in [-0.4, -0.2) is 90.7 Å². The highest BCUT2D eigenvalue weighted by molar-refractivity contribution is 7.90. The Balaban J connectivity index is 1.33. The van der Waals surface area contributed by atoms with Gasteiger partial charge >= 0.3 is 0 Å². The maximum Gasteiger partial charge on any atom is 0.289 e. The minimum absolute atomic E-state index is 0.0258. The lowest BCUT2D eigenvalue weighted by molar-refractivity contribution is -0.143. The summed E-state index contributed by atoms with van der Waals surface area (Å²) in [4.78, 5) is 73.7. The summed E-state index contributed by atoms with van der Waals surface area (Å²) in [6.07, 6.45) is 3.76. The van der Waals surface area contributed by atoms with Crippen molar-refractivity contribution in [3.05, 3.63) is 124 Å². The quantitative estimate of drug-likeness (QED) is 0.0223. The van der Waals surface area contributed by atoms with Gasteiger partial charge in [0, 0.05) is 43.9 Å². The van der Waals surface area contributed by atoms with Gasteiger partial charge in [0.15, 0.2) is 0 Å². The number of amides is 4. The lowest BCUT2D eigenvalue weighted by Crippen LogP contribution is -2.60. The number of aryl methyl sites for hydroxylation is 2. The maximum atomic E-state index is 14.5. The number of benzene rings is 3. The molecule has 0 fully saturated rings. The Morgan fingerprint density at radius 3 is 2.04 bits per heavy atom. The number of nitrogens with zero attached hydrogens (tertiary/aromatic N) is 1. The van der Waals surface area contributed by atoms with Crippen LogP contribution >= 0.6 is 0 Å². The highest BCUT2D eigenvalue weighted by Crippen LogP contribution is 2.43. The lowest BCUT2D eigenvalue weighted by Gasteiger charge is -2.32. The Labute approximate surface area is 418 Å². The summed E-state index contributed by atoms with van der Waals surface area (Å²) in [5.41, 5.74) is 3.76. The van der Waals surface area contributed by atoms with E-state index < -0.39 is 74.9 Å². The average molecular weight is 995 g/mol. The third-order valence-electron chi connectivity index (χ3n) is 12.1. The van der Waals surface area contributed by atoms with Crippen molar-refractivity contribution >= 4 is 45.4 Å². The Morgan fingerprint density at radius 1 is 0.789 bits per heavy atom. The molecule has 0 spiro atoms. The summed E-state index contributed by atoms with van der Waals surface area (Å²) in [6.45, 7) is 16.0. The highest BCUT2D eigenvalue weighted by atomic mass is 32.2. The molecule has 382 valence electrons. The fourth-order valence-electron chi connectivity index (χ4n) is 8.52. The van der Waals surface area contributed by atoms with Crippen molar-refractivity contribution in [2.24, 2.45) is 0 Å². The first kappa shape index (κ1) is 55.3. The topological polar surface area (TPSA) is 247 Å². The number of ketones is 1. The van der Waals surface area contributed by atoms with E-state index in [0.717, 1.165) is 16.7 Å². The van der Waals surface area contributed by atoms with E-state index in [1.165, 1.54) is 6.20 Å². The van der Waals surface area contributed by atoms with E-state index in [9.17, 15) is 32.4 Å². The second-order valence-electron chi connectivity index (χ2n) is 19.6. The van der Waals surface area contributed by atoms with Crippen molar-refractivity contribution in [1.29, 1.82) is 5.41 Å². The number of rotatable bonds is 23. The molecule has 0 bridgehead atoms. The van der Waals surface area contributed by atoms with Crippen molar-refractivity contribution in [3.8, 4) is 5.75 Å². The number of ether oxygens (including phenoxy) is 2. The SMILES string of the molecule is Cc1c(C)c(S(=O)(=O)NC(=N)NCCC[C@H](NC(=O)[C@H](NC(=O)[C@H](CCc2ccccc2)NC(=O)CCc2ccccc2)[C@@H](C)OC(C)(C)C)C(=O)C(=O)NCc2cccnc2)c(C)c2c1OC(C)(C)C2. The summed E-state index contributed by atoms with van der Waals surface area (Å²) in [5, 5.41) is 22.2. The standard InChI is InChI=1S/C53H70N8O9S/c1-33-34(2)47(35(3)40-30-53(8,9)70-46(33)40)71(67,68)61-51(54)56-29-17-23-41(45(63)50(66)57-32-39-22-16-28-55-31-39)59-49(65)44(36(4)69-52(5,6)7)60-48(64)42(26-24-37-18-12-10-13-19-37)58-43(62)27-25-38-20-14-11-15-21-38/h10-16,18-22,28,31,36,41-42,44H,17,23-27,29-30,32H2,1-9H3,(H,57,66)(H,58,62)(H,59,65)(H,60,64)(H3,54,56,61)/t36-,41+,42+,44-/m1/s1. The molecule has 0 unspecified atom stereocenters. The number of carbonyl (C=O) groups excluding carboxylic acids is 5. The Hall–Kier alpha value is -6.66. The third kappa shape index (κ3) is 16.2.